The van der Waals surface area contributed by atoms with E-state index in [1.807, 2.05) is 13.0 Å². The number of nitrogens with zero attached hydrogens (tertiary/aromatic N) is 6. The molecule has 3 heterocycles. The number of ether oxygens (including phenoxy) is 1. The van der Waals surface area contributed by atoms with Gasteiger partial charge in [0.25, 0.3) is 5.91 Å². The van der Waals surface area contributed by atoms with Crippen LogP contribution in [0, 0.1) is 6.92 Å². The first-order chi connectivity index (χ1) is 16.3. The van der Waals surface area contributed by atoms with E-state index in [0.717, 1.165) is 5.56 Å². The molecule has 0 radical (unpaired) electrons. The van der Waals surface area contributed by atoms with Crippen LogP contribution in [0.5, 0.6) is 5.75 Å². The molecular weight excluding hydrogens is 453 g/mol. The van der Waals surface area contributed by atoms with E-state index in [0.29, 0.717) is 24.2 Å². The first-order valence-corrected chi connectivity index (χ1v) is 10.3. The van der Waals surface area contributed by atoms with Crippen molar-refractivity contribution in [1.29, 1.82) is 0 Å². The van der Waals surface area contributed by atoms with Gasteiger partial charge in [-0.3, -0.25) is 4.79 Å². The van der Waals surface area contributed by atoms with E-state index in [4.69, 9.17) is 4.52 Å². The molecule has 1 atom stereocenters. The Hall–Kier alpha value is -4.22. The third-order valence-electron chi connectivity index (χ3n) is 5.38. The summed E-state index contributed by atoms with van der Waals surface area (Å²) in [5.41, 5.74) is 1.84. The Bertz CT molecular complexity index is 1340. The zero-order chi connectivity index (χ0) is 23.9. The lowest BCUT2D eigenvalue weighted by atomic mass is 9.99. The van der Waals surface area contributed by atoms with Gasteiger partial charge in [0, 0.05) is 6.54 Å². The number of rotatable bonds is 5. The summed E-state index contributed by atoms with van der Waals surface area (Å²) in [5, 5.41) is 12.0. The zero-order valence-electron chi connectivity index (χ0n) is 17.7. The van der Waals surface area contributed by atoms with Gasteiger partial charge in [-0.2, -0.15) is 20.0 Å². The molecule has 34 heavy (non-hydrogen) atoms. The van der Waals surface area contributed by atoms with Gasteiger partial charge >= 0.3 is 6.36 Å². The van der Waals surface area contributed by atoms with Crippen molar-refractivity contribution in [3.05, 3.63) is 71.9 Å². The third-order valence-corrected chi connectivity index (χ3v) is 5.38. The van der Waals surface area contributed by atoms with Crippen molar-refractivity contribution in [2.45, 2.75) is 25.7 Å². The summed E-state index contributed by atoms with van der Waals surface area (Å²) < 4.78 is 47.7. The molecule has 0 saturated carbocycles. The van der Waals surface area contributed by atoms with E-state index in [1.165, 1.54) is 41.5 Å². The highest BCUT2D eigenvalue weighted by molar-refractivity contribution is 5.98. The van der Waals surface area contributed by atoms with E-state index in [9.17, 15) is 18.0 Å². The molecule has 1 aliphatic rings. The lowest BCUT2D eigenvalue weighted by Crippen LogP contribution is -2.45. The molecule has 2 aromatic heterocycles. The Kier molecular flexibility index (Phi) is 5.27. The maximum absolute atomic E-state index is 13.4. The fourth-order valence-corrected chi connectivity index (χ4v) is 3.72. The summed E-state index contributed by atoms with van der Waals surface area (Å²) in [6.45, 7) is 2.32. The molecule has 1 aliphatic heterocycles. The van der Waals surface area contributed by atoms with Crippen molar-refractivity contribution >= 4 is 5.91 Å². The van der Waals surface area contributed by atoms with Gasteiger partial charge in [-0.1, -0.05) is 28.9 Å². The van der Waals surface area contributed by atoms with Crippen LogP contribution < -0.4 is 4.74 Å². The number of para-hydroxylation sites is 1. The van der Waals surface area contributed by atoms with Crippen LogP contribution in [0.1, 0.15) is 34.3 Å². The van der Waals surface area contributed by atoms with E-state index in [2.05, 4.69) is 25.1 Å². The zero-order valence-corrected chi connectivity index (χ0v) is 17.7. The molecule has 4 aromatic rings. The maximum atomic E-state index is 13.4. The monoisotopic (exact) mass is 470 g/mol. The van der Waals surface area contributed by atoms with E-state index in [1.54, 1.807) is 17.0 Å². The third kappa shape index (κ3) is 4.09. The number of halogens is 3. The van der Waals surface area contributed by atoms with Crippen molar-refractivity contribution in [2.24, 2.45) is 0 Å². The highest BCUT2D eigenvalue weighted by atomic mass is 19.4. The Morgan fingerprint density at radius 3 is 2.62 bits per heavy atom. The Labute approximate surface area is 190 Å². The van der Waals surface area contributed by atoms with Gasteiger partial charge in [-0.25, -0.2) is 0 Å². The second-order valence-electron chi connectivity index (χ2n) is 7.64. The SMILES string of the molecule is Cc1ccc(-n2nccn2)c(C(=O)N2CCC2c2nc(-c3ccccc3OC(F)(F)F)no2)c1. The quantitative estimate of drug-likeness (QED) is 0.433. The minimum atomic E-state index is -4.87. The van der Waals surface area contributed by atoms with Crippen LogP contribution in [-0.2, 0) is 0 Å². The van der Waals surface area contributed by atoms with Crippen molar-refractivity contribution < 1.29 is 27.2 Å². The summed E-state index contributed by atoms with van der Waals surface area (Å²) in [6.07, 6.45) is -1.27. The van der Waals surface area contributed by atoms with Gasteiger partial charge in [0.1, 0.15) is 11.8 Å². The van der Waals surface area contributed by atoms with Gasteiger partial charge < -0.3 is 14.2 Å². The van der Waals surface area contributed by atoms with Crippen molar-refractivity contribution in [3.63, 3.8) is 0 Å². The summed E-state index contributed by atoms with van der Waals surface area (Å²) in [5.74, 6) is -0.651. The van der Waals surface area contributed by atoms with Crippen LogP contribution in [0.3, 0.4) is 0 Å². The van der Waals surface area contributed by atoms with Crippen LogP contribution in [0.2, 0.25) is 0 Å². The average molecular weight is 470 g/mol. The summed E-state index contributed by atoms with van der Waals surface area (Å²) in [7, 11) is 0. The summed E-state index contributed by atoms with van der Waals surface area (Å²) in [6, 6.07) is 10.4. The smallest absolute Gasteiger partial charge is 0.405 e. The fourth-order valence-electron chi connectivity index (χ4n) is 3.72. The second kappa shape index (κ2) is 8.28. The number of likely N-dealkylation sites (tertiary alicyclic amines) is 1. The molecular formula is C22H17F3N6O3. The molecule has 2 aromatic carbocycles. The van der Waals surface area contributed by atoms with Gasteiger partial charge in [0.2, 0.25) is 11.7 Å². The van der Waals surface area contributed by atoms with Crippen LogP contribution in [0.25, 0.3) is 17.1 Å². The number of hydrogen-bond donors (Lipinski definition) is 0. The van der Waals surface area contributed by atoms with E-state index in [-0.39, 0.29) is 23.2 Å². The number of benzene rings is 2. The van der Waals surface area contributed by atoms with Gasteiger partial charge in [-0.05, 0) is 37.6 Å². The Morgan fingerprint density at radius 1 is 1.15 bits per heavy atom. The molecule has 1 fully saturated rings. The van der Waals surface area contributed by atoms with Crippen molar-refractivity contribution in [2.75, 3.05) is 6.54 Å². The van der Waals surface area contributed by atoms with Gasteiger partial charge in [0.05, 0.1) is 29.2 Å². The number of carbonyl (C=O) groups excluding carboxylic acids is 1. The predicted octanol–water partition coefficient (Wildman–Crippen LogP) is 4.11. The Morgan fingerprint density at radius 2 is 1.91 bits per heavy atom. The minimum absolute atomic E-state index is 0.0257. The molecule has 9 nitrogen and oxygen atoms in total. The number of aromatic nitrogens is 5. The molecule has 0 N–H and O–H groups in total. The number of alkyl halides is 3. The molecule has 0 aliphatic carbocycles. The topological polar surface area (TPSA) is 99.2 Å². The molecule has 174 valence electrons. The van der Waals surface area contributed by atoms with Crippen LogP contribution in [0.15, 0.2) is 59.4 Å². The largest absolute Gasteiger partial charge is 0.573 e. The van der Waals surface area contributed by atoms with Gasteiger partial charge in [-0.15, -0.1) is 13.2 Å². The predicted molar refractivity (Wildman–Crippen MR) is 111 cm³/mol. The lowest BCUT2D eigenvalue weighted by molar-refractivity contribution is -0.274. The van der Waals surface area contributed by atoms with Crippen LogP contribution in [-0.4, -0.2) is 48.8 Å². The highest BCUT2D eigenvalue weighted by Gasteiger charge is 2.39. The van der Waals surface area contributed by atoms with Gasteiger partial charge in [0.15, 0.2) is 0 Å². The maximum Gasteiger partial charge on any atom is 0.573 e. The number of amides is 1. The summed E-state index contributed by atoms with van der Waals surface area (Å²) in [4.78, 5) is 20.6. The molecule has 1 unspecified atom stereocenters. The van der Waals surface area contributed by atoms with Crippen LogP contribution in [0.4, 0.5) is 13.2 Å². The number of hydrogen-bond acceptors (Lipinski definition) is 7. The van der Waals surface area contributed by atoms with E-state index < -0.39 is 18.2 Å². The Balaban J connectivity index is 1.42. The van der Waals surface area contributed by atoms with Crippen molar-refractivity contribution in [1.82, 2.24) is 30.0 Å². The second-order valence-corrected chi connectivity index (χ2v) is 7.64. The molecule has 1 saturated heterocycles. The average Bonchev–Trinajstić information content (AvgIpc) is 3.45. The molecule has 5 rings (SSSR count). The number of carbonyl (C=O) groups is 1. The first kappa shape index (κ1) is 21.6. The fraction of sp³-hybridized carbons (Fsp3) is 0.227. The highest BCUT2D eigenvalue weighted by Crippen LogP contribution is 2.37. The van der Waals surface area contributed by atoms with E-state index >= 15 is 0 Å². The molecule has 0 bridgehead atoms. The standard InChI is InChI=1S/C22H17F3N6O3/c1-13-6-7-16(31-26-9-10-27-31)15(12-13)21(32)30-11-8-17(30)20-28-19(29-34-20)14-4-2-3-5-18(14)33-22(23,24)25/h2-7,9-10,12,17H,8,11H2,1H3. The minimum Gasteiger partial charge on any atom is -0.405 e. The molecule has 1 amide bonds. The first-order valence-electron chi connectivity index (χ1n) is 10.3. The molecule has 12 heteroatoms. The summed E-state index contributed by atoms with van der Waals surface area (Å²) >= 11 is 0. The van der Waals surface area contributed by atoms with Crippen molar-refractivity contribution in [3.8, 4) is 22.8 Å². The molecule has 0 spiro atoms. The lowest BCUT2D eigenvalue weighted by Gasteiger charge is -2.38. The number of aryl methyl sites for hydroxylation is 1. The van der Waals surface area contributed by atoms with Crippen LogP contribution >= 0.6 is 0 Å². The normalized spacial score (nSPS) is 15.8.